The Labute approximate surface area is 115 Å². The van der Waals surface area contributed by atoms with Gasteiger partial charge in [-0.3, -0.25) is 4.98 Å². The van der Waals surface area contributed by atoms with E-state index in [1.165, 1.54) is 17.4 Å². The van der Waals surface area contributed by atoms with Crippen molar-refractivity contribution in [2.75, 3.05) is 0 Å². The van der Waals surface area contributed by atoms with Gasteiger partial charge in [-0.25, -0.2) is 9.37 Å². The predicted molar refractivity (Wildman–Crippen MR) is 73.3 cm³/mol. The fraction of sp³-hybridized carbons (Fsp3) is 0.357. The Morgan fingerprint density at radius 3 is 2.63 bits per heavy atom. The molecular formula is C14H14FN3S. The molecule has 0 N–H and O–H groups in total. The van der Waals surface area contributed by atoms with Gasteiger partial charge in [0.1, 0.15) is 16.9 Å². The molecule has 0 aliphatic rings. The van der Waals surface area contributed by atoms with E-state index in [1.807, 2.05) is 0 Å². The number of thiazole rings is 1. The fourth-order valence-electron chi connectivity index (χ4n) is 1.68. The maximum atomic E-state index is 13.2. The molecule has 1 unspecified atom stereocenters. The molecule has 0 aromatic carbocycles. The van der Waals surface area contributed by atoms with Crippen LogP contribution in [0.4, 0.5) is 4.39 Å². The Bertz CT molecular complexity index is 628. The summed E-state index contributed by atoms with van der Waals surface area (Å²) in [6.45, 7) is 6.29. The minimum Gasteiger partial charge on any atom is -0.261 e. The molecule has 5 heteroatoms. The Morgan fingerprint density at radius 1 is 1.32 bits per heavy atom. The first kappa shape index (κ1) is 13.6. The third-order valence-corrected chi connectivity index (χ3v) is 4.43. The van der Waals surface area contributed by atoms with E-state index in [0.29, 0.717) is 22.2 Å². The molecule has 0 aliphatic heterocycles. The van der Waals surface area contributed by atoms with Gasteiger partial charge in [0.2, 0.25) is 0 Å². The van der Waals surface area contributed by atoms with Crippen molar-refractivity contribution in [1.82, 2.24) is 9.97 Å². The Balaban J connectivity index is 2.48. The minimum atomic E-state index is -0.398. The molecule has 3 nitrogen and oxygen atoms in total. The number of hydrogen-bond donors (Lipinski definition) is 0. The minimum absolute atomic E-state index is 0.252. The number of rotatable bonds is 3. The maximum absolute atomic E-state index is 13.2. The van der Waals surface area contributed by atoms with Gasteiger partial charge in [-0.05, 0) is 17.9 Å². The third-order valence-electron chi connectivity index (χ3n) is 3.12. The van der Waals surface area contributed by atoms with Gasteiger partial charge in [0.05, 0.1) is 6.20 Å². The van der Waals surface area contributed by atoms with Crippen LogP contribution in [0.25, 0.3) is 10.6 Å². The summed E-state index contributed by atoms with van der Waals surface area (Å²) in [5.41, 5.74) is 1.05. The van der Waals surface area contributed by atoms with E-state index < -0.39 is 5.82 Å². The molecule has 0 radical (unpaired) electrons. The van der Waals surface area contributed by atoms with Crippen molar-refractivity contribution >= 4 is 11.3 Å². The van der Waals surface area contributed by atoms with E-state index in [4.69, 9.17) is 5.26 Å². The van der Waals surface area contributed by atoms with Gasteiger partial charge in [0.15, 0.2) is 5.69 Å². The molecule has 0 saturated carbocycles. The zero-order valence-electron chi connectivity index (χ0n) is 11.0. The van der Waals surface area contributed by atoms with Crippen molar-refractivity contribution in [2.24, 2.45) is 5.92 Å². The molecule has 1 atom stereocenters. The van der Waals surface area contributed by atoms with E-state index in [1.54, 1.807) is 6.20 Å². The first-order valence-electron chi connectivity index (χ1n) is 6.04. The van der Waals surface area contributed by atoms with E-state index in [-0.39, 0.29) is 5.92 Å². The second-order valence-electron chi connectivity index (χ2n) is 4.77. The number of hydrogen-bond acceptors (Lipinski definition) is 4. The van der Waals surface area contributed by atoms with E-state index in [0.717, 1.165) is 11.1 Å². The SMILES string of the molecule is CC(C)C(C)c1sc(-c2cncc(F)c2)nc1C#N. The standard InChI is InChI=1S/C14H14FN3S/c1-8(2)9(3)13-12(5-16)18-14(19-13)10-4-11(15)7-17-6-10/h4,6-9H,1-3H3. The van der Waals surface area contributed by atoms with Gasteiger partial charge in [0, 0.05) is 16.6 Å². The molecule has 2 aromatic rings. The molecule has 0 saturated heterocycles. The number of halogens is 1. The van der Waals surface area contributed by atoms with E-state index in [2.05, 4.69) is 36.8 Å². The molecular weight excluding hydrogens is 261 g/mol. The molecule has 2 aromatic heterocycles. The second-order valence-corrected chi connectivity index (χ2v) is 5.80. The van der Waals surface area contributed by atoms with Crippen molar-refractivity contribution < 1.29 is 4.39 Å². The van der Waals surface area contributed by atoms with Gasteiger partial charge in [-0.2, -0.15) is 5.26 Å². The normalized spacial score (nSPS) is 12.4. The maximum Gasteiger partial charge on any atom is 0.155 e. The average molecular weight is 275 g/mol. The summed E-state index contributed by atoms with van der Waals surface area (Å²) in [6, 6.07) is 3.51. The highest BCUT2D eigenvalue weighted by Crippen LogP contribution is 2.35. The molecule has 0 spiro atoms. The first-order chi connectivity index (χ1) is 9.02. The molecule has 2 heterocycles. The number of nitriles is 1. The Morgan fingerprint density at radius 2 is 2.05 bits per heavy atom. The van der Waals surface area contributed by atoms with Crippen molar-refractivity contribution in [2.45, 2.75) is 26.7 Å². The van der Waals surface area contributed by atoms with Crippen LogP contribution < -0.4 is 0 Å². The lowest BCUT2D eigenvalue weighted by Crippen LogP contribution is -2.01. The topological polar surface area (TPSA) is 49.6 Å². The van der Waals surface area contributed by atoms with Crippen molar-refractivity contribution in [3.63, 3.8) is 0 Å². The van der Waals surface area contributed by atoms with Gasteiger partial charge >= 0.3 is 0 Å². The molecule has 19 heavy (non-hydrogen) atoms. The molecule has 98 valence electrons. The second kappa shape index (κ2) is 5.45. The first-order valence-corrected chi connectivity index (χ1v) is 6.86. The highest BCUT2D eigenvalue weighted by molar-refractivity contribution is 7.15. The molecule has 0 fully saturated rings. The monoisotopic (exact) mass is 275 g/mol. The van der Waals surface area contributed by atoms with E-state index in [9.17, 15) is 4.39 Å². The van der Waals surface area contributed by atoms with Crippen molar-refractivity contribution in [3.8, 4) is 16.6 Å². The lowest BCUT2D eigenvalue weighted by molar-refractivity contribution is 0.541. The third kappa shape index (κ3) is 2.79. The van der Waals surface area contributed by atoms with Gasteiger partial charge in [-0.15, -0.1) is 11.3 Å². The summed E-state index contributed by atoms with van der Waals surface area (Å²) in [5, 5.41) is 9.81. The number of nitrogens with zero attached hydrogens (tertiary/aromatic N) is 3. The van der Waals surface area contributed by atoms with Crippen LogP contribution in [0.5, 0.6) is 0 Å². The highest BCUT2D eigenvalue weighted by Gasteiger charge is 2.20. The number of aromatic nitrogens is 2. The molecule has 2 rings (SSSR count). The lowest BCUT2D eigenvalue weighted by Gasteiger charge is -2.12. The molecule has 0 bridgehead atoms. The van der Waals surface area contributed by atoms with Crippen LogP contribution in [0.15, 0.2) is 18.5 Å². The van der Waals surface area contributed by atoms with Crippen LogP contribution in [-0.4, -0.2) is 9.97 Å². The van der Waals surface area contributed by atoms with Crippen molar-refractivity contribution in [1.29, 1.82) is 5.26 Å². The van der Waals surface area contributed by atoms with Gasteiger partial charge < -0.3 is 0 Å². The smallest absolute Gasteiger partial charge is 0.155 e. The summed E-state index contributed by atoms with van der Waals surface area (Å²) >= 11 is 1.44. The van der Waals surface area contributed by atoms with Crippen molar-refractivity contribution in [3.05, 3.63) is 34.8 Å². The summed E-state index contributed by atoms with van der Waals surface area (Å²) in [7, 11) is 0. The van der Waals surface area contributed by atoms with Crippen LogP contribution in [0.2, 0.25) is 0 Å². The average Bonchev–Trinajstić information content (AvgIpc) is 2.81. The van der Waals surface area contributed by atoms with Crippen LogP contribution in [-0.2, 0) is 0 Å². The van der Waals surface area contributed by atoms with Crippen LogP contribution >= 0.6 is 11.3 Å². The van der Waals surface area contributed by atoms with Gasteiger partial charge in [0.25, 0.3) is 0 Å². The van der Waals surface area contributed by atoms with Crippen LogP contribution in [0.1, 0.15) is 37.3 Å². The number of pyridine rings is 1. The van der Waals surface area contributed by atoms with Crippen LogP contribution in [0, 0.1) is 23.1 Å². The lowest BCUT2D eigenvalue weighted by atomic mass is 9.96. The van der Waals surface area contributed by atoms with Crippen LogP contribution in [0.3, 0.4) is 0 Å². The Kier molecular flexibility index (Phi) is 3.91. The fourth-order valence-corrected chi connectivity index (χ4v) is 2.90. The summed E-state index contributed by atoms with van der Waals surface area (Å²) < 4.78 is 13.2. The molecule has 0 amide bonds. The van der Waals surface area contributed by atoms with E-state index >= 15 is 0 Å². The Hall–Kier alpha value is -1.80. The zero-order valence-corrected chi connectivity index (χ0v) is 11.8. The summed E-state index contributed by atoms with van der Waals surface area (Å²) in [4.78, 5) is 9.06. The molecule has 0 aliphatic carbocycles. The largest absolute Gasteiger partial charge is 0.261 e. The predicted octanol–water partition coefficient (Wildman–Crippen LogP) is 3.98. The quantitative estimate of drug-likeness (QED) is 0.851. The summed E-state index contributed by atoms with van der Waals surface area (Å²) in [5.74, 6) is 0.276. The highest BCUT2D eigenvalue weighted by atomic mass is 32.1. The van der Waals surface area contributed by atoms with Gasteiger partial charge in [-0.1, -0.05) is 20.8 Å². The summed E-state index contributed by atoms with van der Waals surface area (Å²) in [6.07, 6.45) is 2.72. The zero-order chi connectivity index (χ0) is 14.0.